The summed E-state index contributed by atoms with van der Waals surface area (Å²) in [6.07, 6.45) is 3.92. The van der Waals surface area contributed by atoms with E-state index in [2.05, 4.69) is 29.0 Å². The number of aromatic nitrogens is 1. The first-order valence-corrected chi connectivity index (χ1v) is 11.3. The summed E-state index contributed by atoms with van der Waals surface area (Å²) in [7, 11) is 0. The van der Waals surface area contributed by atoms with Crippen molar-refractivity contribution in [2.45, 2.75) is 26.4 Å². The lowest BCUT2D eigenvalue weighted by molar-refractivity contribution is -0.149. The van der Waals surface area contributed by atoms with E-state index in [1.165, 1.54) is 22.2 Å². The predicted molar refractivity (Wildman–Crippen MR) is 129 cm³/mol. The Morgan fingerprint density at radius 2 is 1.87 bits per heavy atom. The molecular formula is C24H22N2O3S2. The minimum atomic E-state index is -0.752. The largest absolute Gasteiger partial charge is 0.464 e. The number of esters is 1. The van der Waals surface area contributed by atoms with Crippen molar-refractivity contribution in [1.29, 1.82) is 0 Å². The van der Waals surface area contributed by atoms with Gasteiger partial charge in [0.25, 0.3) is 5.91 Å². The Labute approximate surface area is 190 Å². The molecule has 1 fully saturated rings. The number of hydrogen-bond acceptors (Lipinski definition) is 5. The van der Waals surface area contributed by atoms with Gasteiger partial charge in [0.05, 0.1) is 11.5 Å². The Bertz CT molecular complexity index is 1180. The van der Waals surface area contributed by atoms with Crippen LogP contribution in [0.25, 0.3) is 17.0 Å². The van der Waals surface area contributed by atoms with Crippen LogP contribution >= 0.6 is 24.0 Å². The van der Waals surface area contributed by atoms with Crippen LogP contribution in [0.4, 0.5) is 0 Å². The van der Waals surface area contributed by atoms with Gasteiger partial charge in [0.1, 0.15) is 10.4 Å². The lowest BCUT2D eigenvalue weighted by atomic mass is 10.1. The lowest BCUT2D eigenvalue weighted by Crippen LogP contribution is -2.42. The van der Waals surface area contributed by atoms with E-state index in [-0.39, 0.29) is 12.5 Å². The second-order valence-electron chi connectivity index (χ2n) is 7.19. The molecule has 0 aliphatic carbocycles. The molecule has 1 atom stereocenters. The van der Waals surface area contributed by atoms with E-state index in [1.54, 1.807) is 13.8 Å². The van der Waals surface area contributed by atoms with E-state index < -0.39 is 12.0 Å². The maximum Gasteiger partial charge on any atom is 0.329 e. The summed E-state index contributed by atoms with van der Waals surface area (Å²) in [5, 5.41) is 1.06. The van der Waals surface area contributed by atoms with Crippen LogP contribution in [0.3, 0.4) is 0 Å². The fourth-order valence-corrected chi connectivity index (χ4v) is 5.03. The summed E-state index contributed by atoms with van der Waals surface area (Å²) in [4.78, 5) is 27.0. The first kappa shape index (κ1) is 21.3. The second-order valence-corrected chi connectivity index (χ2v) is 8.87. The molecule has 3 aromatic rings. The predicted octanol–water partition coefficient (Wildman–Crippen LogP) is 4.84. The van der Waals surface area contributed by atoms with E-state index in [1.807, 2.05) is 42.5 Å². The number of thioether (sulfide) groups is 1. The van der Waals surface area contributed by atoms with Crippen molar-refractivity contribution >= 4 is 57.2 Å². The van der Waals surface area contributed by atoms with E-state index in [9.17, 15) is 9.59 Å². The van der Waals surface area contributed by atoms with Crippen LogP contribution in [-0.2, 0) is 20.9 Å². The number of benzene rings is 2. The summed E-state index contributed by atoms with van der Waals surface area (Å²) in [5.41, 5.74) is 3.23. The SMILES string of the molecule is CCOC(=O)C(C)N1C(=O)/C(=C/c2cn(Cc3ccccc3)c3ccccc23)SC1=S. The molecule has 1 saturated heterocycles. The zero-order valence-electron chi connectivity index (χ0n) is 17.3. The van der Waals surface area contributed by atoms with Crippen LogP contribution in [0, 0.1) is 0 Å². The standard InChI is InChI=1S/C24H22N2O3S2/c1-3-29-23(28)16(2)26-22(27)21(31-24(26)30)13-18-15-25(14-17-9-5-4-6-10-17)20-12-8-7-11-19(18)20/h4-13,15-16H,3,14H2,1-2H3/b21-13-. The number of thiocarbonyl (C=S) groups is 1. The van der Waals surface area contributed by atoms with Crippen LogP contribution < -0.4 is 0 Å². The number of carbonyl (C=O) groups excluding carboxylic acids is 2. The quantitative estimate of drug-likeness (QED) is 0.306. The lowest BCUT2D eigenvalue weighted by Gasteiger charge is -2.21. The molecule has 1 unspecified atom stereocenters. The Morgan fingerprint density at radius 3 is 2.61 bits per heavy atom. The van der Waals surface area contributed by atoms with Gasteiger partial charge in [-0.1, -0.05) is 72.5 Å². The van der Waals surface area contributed by atoms with Crippen molar-refractivity contribution in [2.24, 2.45) is 0 Å². The highest BCUT2D eigenvalue weighted by Crippen LogP contribution is 2.35. The first-order chi connectivity index (χ1) is 15.0. The molecule has 158 valence electrons. The summed E-state index contributed by atoms with van der Waals surface area (Å²) in [5.74, 6) is -0.727. The third-order valence-corrected chi connectivity index (χ3v) is 6.47. The second kappa shape index (κ2) is 9.08. The van der Waals surface area contributed by atoms with Crippen molar-refractivity contribution < 1.29 is 14.3 Å². The van der Waals surface area contributed by atoms with Gasteiger partial charge in [0.2, 0.25) is 0 Å². The van der Waals surface area contributed by atoms with E-state index in [0.29, 0.717) is 9.23 Å². The number of ether oxygens (including phenoxy) is 1. The van der Waals surface area contributed by atoms with Crippen molar-refractivity contribution in [3.63, 3.8) is 0 Å². The Balaban J connectivity index is 1.67. The van der Waals surface area contributed by atoms with Gasteiger partial charge in [-0.25, -0.2) is 4.79 Å². The molecule has 0 bridgehead atoms. The van der Waals surface area contributed by atoms with Gasteiger partial charge in [-0.3, -0.25) is 9.69 Å². The molecule has 0 radical (unpaired) electrons. The van der Waals surface area contributed by atoms with Crippen molar-refractivity contribution in [3.8, 4) is 0 Å². The topological polar surface area (TPSA) is 51.5 Å². The van der Waals surface area contributed by atoms with Gasteiger partial charge in [-0.05, 0) is 31.6 Å². The Hall–Kier alpha value is -2.90. The van der Waals surface area contributed by atoms with Gasteiger partial charge in [0.15, 0.2) is 0 Å². The van der Waals surface area contributed by atoms with Crippen LogP contribution in [0.2, 0.25) is 0 Å². The Kier molecular flexibility index (Phi) is 6.25. The van der Waals surface area contributed by atoms with Crippen LogP contribution in [0.5, 0.6) is 0 Å². The minimum absolute atomic E-state index is 0.259. The summed E-state index contributed by atoms with van der Waals surface area (Å²) in [6, 6.07) is 17.6. The molecule has 1 amide bonds. The number of amides is 1. The monoisotopic (exact) mass is 450 g/mol. The average molecular weight is 451 g/mol. The normalized spacial score (nSPS) is 16.3. The van der Waals surface area contributed by atoms with Gasteiger partial charge in [-0.2, -0.15) is 0 Å². The third-order valence-electron chi connectivity index (χ3n) is 5.14. The maximum absolute atomic E-state index is 13.0. The number of fused-ring (bicyclic) bond motifs is 1. The van der Waals surface area contributed by atoms with Gasteiger partial charge >= 0.3 is 5.97 Å². The molecule has 0 saturated carbocycles. The molecule has 31 heavy (non-hydrogen) atoms. The van der Waals surface area contributed by atoms with E-state index in [4.69, 9.17) is 17.0 Å². The molecule has 1 aromatic heterocycles. The zero-order chi connectivity index (χ0) is 22.0. The molecule has 7 heteroatoms. The highest BCUT2D eigenvalue weighted by Gasteiger charge is 2.38. The molecular weight excluding hydrogens is 428 g/mol. The molecule has 0 spiro atoms. The number of rotatable bonds is 6. The fraction of sp³-hybridized carbons (Fsp3) is 0.208. The first-order valence-electron chi connectivity index (χ1n) is 10.0. The van der Waals surface area contributed by atoms with E-state index in [0.717, 1.165) is 23.0 Å². The number of nitrogens with zero attached hydrogens (tertiary/aromatic N) is 2. The number of carbonyl (C=O) groups is 2. The van der Waals surface area contributed by atoms with Gasteiger partial charge in [-0.15, -0.1) is 0 Å². The molecule has 1 aliphatic rings. The third kappa shape index (κ3) is 4.29. The number of hydrogen-bond donors (Lipinski definition) is 0. The molecule has 4 rings (SSSR count). The zero-order valence-corrected chi connectivity index (χ0v) is 18.9. The van der Waals surface area contributed by atoms with Crippen molar-refractivity contribution in [3.05, 3.63) is 76.8 Å². The summed E-state index contributed by atoms with van der Waals surface area (Å²) >= 11 is 6.61. The van der Waals surface area contributed by atoms with Gasteiger partial charge < -0.3 is 9.30 Å². The number of para-hydroxylation sites is 1. The van der Waals surface area contributed by atoms with E-state index >= 15 is 0 Å². The summed E-state index contributed by atoms with van der Waals surface area (Å²) < 4.78 is 7.60. The summed E-state index contributed by atoms with van der Waals surface area (Å²) in [6.45, 7) is 4.36. The highest BCUT2D eigenvalue weighted by molar-refractivity contribution is 8.26. The molecule has 2 aromatic carbocycles. The van der Waals surface area contributed by atoms with Crippen LogP contribution in [0.15, 0.2) is 65.7 Å². The highest BCUT2D eigenvalue weighted by atomic mass is 32.2. The minimum Gasteiger partial charge on any atom is -0.464 e. The molecule has 5 nitrogen and oxygen atoms in total. The molecule has 2 heterocycles. The van der Waals surface area contributed by atoms with Crippen molar-refractivity contribution in [1.82, 2.24) is 9.47 Å². The fourth-order valence-electron chi connectivity index (χ4n) is 3.62. The van der Waals surface area contributed by atoms with Crippen LogP contribution in [0.1, 0.15) is 25.0 Å². The van der Waals surface area contributed by atoms with Crippen molar-refractivity contribution in [2.75, 3.05) is 6.61 Å². The smallest absolute Gasteiger partial charge is 0.329 e. The maximum atomic E-state index is 13.0. The average Bonchev–Trinajstić information content (AvgIpc) is 3.25. The van der Waals surface area contributed by atoms with Gasteiger partial charge in [0, 0.05) is 29.2 Å². The molecule has 0 N–H and O–H groups in total. The molecule has 1 aliphatic heterocycles. The Morgan fingerprint density at radius 1 is 1.16 bits per heavy atom. The van der Waals surface area contributed by atoms with Crippen LogP contribution in [-0.4, -0.2) is 38.3 Å².